The Balaban J connectivity index is 2.49. The van der Waals surface area contributed by atoms with Gasteiger partial charge >= 0.3 is 0 Å². The molecule has 0 bridgehead atoms. The standard InChI is InChI=1S/C12H17ClN2/c1-3-15-9(2)7-8-14-11-6-4-5-10(13)12(11)15/h4-6,9,14H,3,7-8H2,1-2H3. The smallest absolute Gasteiger partial charge is 0.0793 e. The van der Waals surface area contributed by atoms with E-state index in [1.807, 2.05) is 12.1 Å². The second kappa shape index (κ2) is 4.31. The Morgan fingerprint density at radius 2 is 2.33 bits per heavy atom. The van der Waals surface area contributed by atoms with Crippen molar-refractivity contribution in [2.75, 3.05) is 23.3 Å². The van der Waals surface area contributed by atoms with Gasteiger partial charge < -0.3 is 10.2 Å². The zero-order chi connectivity index (χ0) is 10.8. The molecule has 0 saturated heterocycles. The van der Waals surface area contributed by atoms with Crippen molar-refractivity contribution in [1.29, 1.82) is 0 Å². The Hall–Kier alpha value is -0.890. The molecule has 0 fully saturated rings. The lowest BCUT2D eigenvalue weighted by Gasteiger charge is -2.29. The second-order valence-corrected chi connectivity index (χ2v) is 4.39. The number of nitrogens with zero attached hydrogens (tertiary/aromatic N) is 1. The number of hydrogen-bond acceptors (Lipinski definition) is 2. The number of fused-ring (bicyclic) bond motifs is 1. The van der Waals surface area contributed by atoms with Gasteiger partial charge in [0.25, 0.3) is 0 Å². The molecule has 2 rings (SSSR count). The van der Waals surface area contributed by atoms with Crippen LogP contribution in [0.15, 0.2) is 18.2 Å². The van der Waals surface area contributed by atoms with E-state index in [9.17, 15) is 0 Å². The first-order chi connectivity index (χ1) is 7.24. The molecule has 1 N–H and O–H groups in total. The normalized spacial score (nSPS) is 20.5. The lowest BCUT2D eigenvalue weighted by molar-refractivity contribution is 0.626. The highest BCUT2D eigenvalue weighted by atomic mass is 35.5. The van der Waals surface area contributed by atoms with E-state index in [1.54, 1.807) is 0 Å². The Bertz CT molecular complexity index is 351. The lowest BCUT2D eigenvalue weighted by atomic mass is 10.2. The van der Waals surface area contributed by atoms with Gasteiger partial charge in [0, 0.05) is 19.1 Å². The number of anilines is 2. The van der Waals surface area contributed by atoms with Crippen molar-refractivity contribution in [3.05, 3.63) is 23.2 Å². The van der Waals surface area contributed by atoms with Crippen LogP contribution in [0.4, 0.5) is 11.4 Å². The van der Waals surface area contributed by atoms with Crippen LogP contribution >= 0.6 is 11.6 Å². The minimum atomic E-state index is 0.545. The van der Waals surface area contributed by atoms with E-state index in [1.165, 1.54) is 0 Å². The molecular formula is C12H17ClN2. The van der Waals surface area contributed by atoms with Gasteiger partial charge in [-0.2, -0.15) is 0 Å². The third-order valence-corrected chi connectivity index (χ3v) is 3.33. The number of rotatable bonds is 1. The fourth-order valence-electron chi connectivity index (χ4n) is 2.21. The van der Waals surface area contributed by atoms with E-state index in [2.05, 4.69) is 30.1 Å². The molecule has 1 heterocycles. The highest BCUT2D eigenvalue weighted by Crippen LogP contribution is 2.36. The fourth-order valence-corrected chi connectivity index (χ4v) is 2.49. The predicted molar refractivity (Wildman–Crippen MR) is 67.0 cm³/mol. The summed E-state index contributed by atoms with van der Waals surface area (Å²) in [7, 11) is 0. The van der Waals surface area contributed by atoms with Gasteiger partial charge in [-0.05, 0) is 32.4 Å². The van der Waals surface area contributed by atoms with E-state index in [0.29, 0.717) is 6.04 Å². The number of nitrogens with one attached hydrogen (secondary N) is 1. The molecule has 2 nitrogen and oxygen atoms in total. The summed E-state index contributed by atoms with van der Waals surface area (Å²) in [4.78, 5) is 2.37. The van der Waals surface area contributed by atoms with Gasteiger partial charge in [0.1, 0.15) is 0 Å². The monoisotopic (exact) mass is 224 g/mol. The zero-order valence-electron chi connectivity index (χ0n) is 9.26. The topological polar surface area (TPSA) is 15.3 Å². The lowest BCUT2D eigenvalue weighted by Crippen LogP contribution is -2.32. The zero-order valence-corrected chi connectivity index (χ0v) is 10.0. The molecule has 3 heteroatoms. The summed E-state index contributed by atoms with van der Waals surface area (Å²) in [6, 6.07) is 6.60. The minimum Gasteiger partial charge on any atom is -0.383 e. The van der Waals surface area contributed by atoms with Crippen molar-refractivity contribution in [2.24, 2.45) is 0 Å². The molecule has 0 saturated carbocycles. The highest BCUT2D eigenvalue weighted by molar-refractivity contribution is 6.34. The van der Waals surface area contributed by atoms with Crippen LogP contribution in [0.5, 0.6) is 0 Å². The summed E-state index contributed by atoms with van der Waals surface area (Å²) in [6.45, 7) is 6.45. The summed E-state index contributed by atoms with van der Waals surface area (Å²) in [5, 5.41) is 4.28. The van der Waals surface area contributed by atoms with Crippen LogP contribution in [0.3, 0.4) is 0 Å². The van der Waals surface area contributed by atoms with Crippen LogP contribution in [-0.4, -0.2) is 19.1 Å². The van der Waals surface area contributed by atoms with Crippen molar-refractivity contribution < 1.29 is 0 Å². The van der Waals surface area contributed by atoms with Crippen LogP contribution < -0.4 is 10.2 Å². The van der Waals surface area contributed by atoms with Crippen LogP contribution in [0.25, 0.3) is 0 Å². The molecule has 0 aromatic heterocycles. The SMILES string of the molecule is CCN1c2c(Cl)cccc2NCCC1C. The van der Waals surface area contributed by atoms with Crippen LogP contribution in [-0.2, 0) is 0 Å². The van der Waals surface area contributed by atoms with Gasteiger partial charge in [-0.15, -0.1) is 0 Å². The quantitative estimate of drug-likeness (QED) is 0.787. The molecule has 1 unspecified atom stereocenters. The maximum absolute atomic E-state index is 6.27. The van der Waals surface area contributed by atoms with Crippen LogP contribution in [0.2, 0.25) is 5.02 Å². The van der Waals surface area contributed by atoms with Crippen molar-refractivity contribution >= 4 is 23.0 Å². The second-order valence-electron chi connectivity index (χ2n) is 3.99. The summed E-state index contributed by atoms with van der Waals surface area (Å²) < 4.78 is 0. The van der Waals surface area contributed by atoms with Gasteiger partial charge in [0.2, 0.25) is 0 Å². The van der Waals surface area contributed by atoms with Gasteiger partial charge in [0.05, 0.1) is 16.4 Å². The third kappa shape index (κ3) is 1.91. The number of halogens is 1. The summed E-state index contributed by atoms with van der Waals surface area (Å²) >= 11 is 6.27. The van der Waals surface area contributed by atoms with E-state index in [4.69, 9.17) is 11.6 Å². The predicted octanol–water partition coefficient (Wildman–Crippen LogP) is 3.37. The number of para-hydroxylation sites is 1. The summed E-state index contributed by atoms with van der Waals surface area (Å²) in [6.07, 6.45) is 1.15. The molecule has 15 heavy (non-hydrogen) atoms. The van der Waals surface area contributed by atoms with Crippen LogP contribution in [0, 0.1) is 0 Å². The first kappa shape index (κ1) is 10.6. The van der Waals surface area contributed by atoms with Gasteiger partial charge in [-0.25, -0.2) is 0 Å². The van der Waals surface area contributed by atoms with Crippen molar-refractivity contribution in [1.82, 2.24) is 0 Å². The van der Waals surface area contributed by atoms with E-state index >= 15 is 0 Å². The molecule has 1 aromatic rings. The van der Waals surface area contributed by atoms with E-state index in [-0.39, 0.29) is 0 Å². The maximum Gasteiger partial charge on any atom is 0.0793 e. The molecule has 0 amide bonds. The number of benzene rings is 1. The van der Waals surface area contributed by atoms with Crippen LogP contribution in [0.1, 0.15) is 20.3 Å². The Morgan fingerprint density at radius 3 is 3.07 bits per heavy atom. The van der Waals surface area contributed by atoms with Gasteiger partial charge in [-0.3, -0.25) is 0 Å². The van der Waals surface area contributed by atoms with Crippen molar-refractivity contribution in [3.8, 4) is 0 Å². The first-order valence-corrected chi connectivity index (χ1v) is 5.91. The average Bonchev–Trinajstić information content (AvgIpc) is 2.38. The summed E-state index contributed by atoms with van der Waals surface area (Å²) in [5.41, 5.74) is 2.32. The molecule has 1 aromatic carbocycles. The molecule has 82 valence electrons. The Morgan fingerprint density at radius 1 is 1.53 bits per heavy atom. The number of hydrogen-bond donors (Lipinski definition) is 1. The fraction of sp³-hybridized carbons (Fsp3) is 0.500. The largest absolute Gasteiger partial charge is 0.383 e. The Kier molecular flexibility index (Phi) is 3.06. The van der Waals surface area contributed by atoms with Crippen molar-refractivity contribution in [3.63, 3.8) is 0 Å². The first-order valence-electron chi connectivity index (χ1n) is 5.53. The Labute approximate surface area is 96.2 Å². The van der Waals surface area contributed by atoms with E-state index in [0.717, 1.165) is 35.9 Å². The molecule has 0 radical (unpaired) electrons. The molecule has 1 aliphatic heterocycles. The van der Waals surface area contributed by atoms with Gasteiger partial charge in [-0.1, -0.05) is 17.7 Å². The minimum absolute atomic E-state index is 0.545. The molecule has 0 spiro atoms. The molecule has 1 aliphatic rings. The van der Waals surface area contributed by atoms with Crippen molar-refractivity contribution in [2.45, 2.75) is 26.3 Å². The van der Waals surface area contributed by atoms with Gasteiger partial charge in [0.15, 0.2) is 0 Å². The molecule has 0 aliphatic carbocycles. The molecule has 1 atom stereocenters. The third-order valence-electron chi connectivity index (χ3n) is 3.02. The molecular weight excluding hydrogens is 208 g/mol. The maximum atomic E-state index is 6.27. The van der Waals surface area contributed by atoms with E-state index < -0.39 is 0 Å². The summed E-state index contributed by atoms with van der Waals surface area (Å²) in [5.74, 6) is 0. The average molecular weight is 225 g/mol. The highest BCUT2D eigenvalue weighted by Gasteiger charge is 2.21.